The van der Waals surface area contributed by atoms with Crippen LogP contribution in [0.5, 0.6) is 0 Å². The van der Waals surface area contributed by atoms with Crippen LogP contribution in [0.3, 0.4) is 0 Å². The minimum Gasteiger partial charge on any atom is -0.396 e. The number of piperazine rings is 1. The SMILES string of the molecule is OCCC1CN(CCCc2c(C(F)(F)F)ccc3c2Nc2ccccc2S3)CCN1. The van der Waals surface area contributed by atoms with Gasteiger partial charge in [-0.2, -0.15) is 13.2 Å². The van der Waals surface area contributed by atoms with Gasteiger partial charge >= 0.3 is 6.18 Å². The molecular weight excluding hydrogens is 411 g/mol. The topological polar surface area (TPSA) is 47.5 Å². The van der Waals surface area contributed by atoms with E-state index in [9.17, 15) is 13.2 Å². The van der Waals surface area contributed by atoms with Crippen LogP contribution in [0.1, 0.15) is 24.0 Å². The summed E-state index contributed by atoms with van der Waals surface area (Å²) in [7, 11) is 0. The number of nitrogens with one attached hydrogen (secondary N) is 2. The Kier molecular flexibility index (Phi) is 6.57. The molecule has 0 aliphatic carbocycles. The Morgan fingerprint density at radius 2 is 1.97 bits per heavy atom. The van der Waals surface area contributed by atoms with Crippen LogP contribution in [0.25, 0.3) is 0 Å². The largest absolute Gasteiger partial charge is 0.416 e. The summed E-state index contributed by atoms with van der Waals surface area (Å²) in [4.78, 5) is 4.13. The second-order valence-corrected chi connectivity index (χ2v) is 8.84. The summed E-state index contributed by atoms with van der Waals surface area (Å²) in [5.41, 5.74) is 1.24. The van der Waals surface area contributed by atoms with Crippen molar-refractivity contribution in [3.63, 3.8) is 0 Å². The molecule has 0 radical (unpaired) electrons. The number of hydrogen-bond donors (Lipinski definition) is 3. The molecular formula is C22H26F3N3OS. The van der Waals surface area contributed by atoms with Crippen LogP contribution in [-0.2, 0) is 12.6 Å². The maximum absolute atomic E-state index is 13.8. The van der Waals surface area contributed by atoms with Crippen molar-refractivity contribution >= 4 is 23.1 Å². The average molecular weight is 438 g/mol. The van der Waals surface area contributed by atoms with Crippen LogP contribution >= 0.6 is 11.8 Å². The lowest BCUT2D eigenvalue weighted by Gasteiger charge is -2.33. The fourth-order valence-electron chi connectivity index (χ4n) is 4.21. The Bertz CT molecular complexity index is 888. The smallest absolute Gasteiger partial charge is 0.396 e. The van der Waals surface area contributed by atoms with Gasteiger partial charge in [-0.05, 0) is 55.6 Å². The summed E-state index contributed by atoms with van der Waals surface area (Å²) in [5, 5.41) is 15.8. The van der Waals surface area contributed by atoms with Gasteiger partial charge in [0.25, 0.3) is 0 Å². The second-order valence-electron chi connectivity index (χ2n) is 7.75. The number of hydrogen-bond acceptors (Lipinski definition) is 5. The zero-order valence-electron chi connectivity index (χ0n) is 16.6. The van der Waals surface area contributed by atoms with Gasteiger partial charge in [0, 0.05) is 42.1 Å². The molecule has 4 nitrogen and oxygen atoms in total. The van der Waals surface area contributed by atoms with Crippen LogP contribution in [0, 0.1) is 0 Å². The van der Waals surface area contributed by atoms with E-state index in [-0.39, 0.29) is 12.6 Å². The van der Waals surface area contributed by atoms with E-state index in [2.05, 4.69) is 15.5 Å². The van der Waals surface area contributed by atoms with Gasteiger partial charge in [-0.25, -0.2) is 0 Å². The maximum Gasteiger partial charge on any atom is 0.416 e. The van der Waals surface area contributed by atoms with Crippen molar-refractivity contribution in [3.05, 3.63) is 47.5 Å². The summed E-state index contributed by atoms with van der Waals surface area (Å²) in [5.74, 6) is 0. The zero-order chi connectivity index (χ0) is 21.1. The fourth-order valence-corrected chi connectivity index (χ4v) is 5.24. The molecule has 2 aliphatic rings. The standard InChI is InChI=1S/C22H26F3N3OS/c23-22(24,25)17-7-8-20-21(27-18-5-1-2-6-19(18)30-20)16(17)4-3-11-28-12-10-26-15(14-28)9-13-29/h1-2,5-8,15,26-27,29H,3-4,9-14H2. The third kappa shape index (κ3) is 4.77. The quantitative estimate of drug-likeness (QED) is 0.530. The van der Waals surface area contributed by atoms with Gasteiger partial charge in [0.15, 0.2) is 0 Å². The molecule has 1 saturated heterocycles. The normalized spacial score (nSPS) is 19.1. The molecule has 4 rings (SSSR count). The number of alkyl halides is 3. The van der Waals surface area contributed by atoms with E-state index in [1.54, 1.807) is 6.07 Å². The van der Waals surface area contributed by atoms with Crippen molar-refractivity contribution in [2.24, 2.45) is 0 Å². The minimum atomic E-state index is -4.38. The lowest BCUT2D eigenvalue weighted by atomic mass is 9.99. The van der Waals surface area contributed by atoms with E-state index in [0.717, 1.165) is 41.7 Å². The first-order chi connectivity index (χ1) is 14.5. The molecule has 0 bridgehead atoms. The molecule has 1 fully saturated rings. The van der Waals surface area contributed by atoms with Crippen molar-refractivity contribution in [3.8, 4) is 0 Å². The van der Waals surface area contributed by atoms with Gasteiger partial charge in [-0.3, -0.25) is 0 Å². The number of nitrogens with zero attached hydrogens (tertiary/aromatic N) is 1. The molecule has 0 amide bonds. The first kappa shape index (κ1) is 21.5. The first-order valence-electron chi connectivity index (χ1n) is 10.3. The molecule has 0 aromatic heterocycles. The number of rotatable bonds is 6. The molecule has 1 unspecified atom stereocenters. The number of benzene rings is 2. The number of fused-ring (bicyclic) bond motifs is 2. The molecule has 162 valence electrons. The Labute approximate surface area is 178 Å². The third-order valence-corrected chi connectivity index (χ3v) is 6.80. The monoisotopic (exact) mass is 437 g/mol. The zero-order valence-corrected chi connectivity index (χ0v) is 17.5. The summed E-state index contributed by atoms with van der Waals surface area (Å²) >= 11 is 1.51. The summed E-state index contributed by atoms with van der Waals surface area (Å²) in [6.07, 6.45) is -2.67. The average Bonchev–Trinajstić information content (AvgIpc) is 2.72. The highest BCUT2D eigenvalue weighted by Gasteiger charge is 2.35. The van der Waals surface area contributed by atoms with E-state index in [1.807, 2.05) is 24.3 Å². The predicted octanol–water partition coefficient (Wildman–Crippen LogP) is 4.50. The Morgan fingerprint density at radius 3 is 2.77 bits per heavy atom. The number of para-hydroxylation sites is 1. The van der Waals surface area contributed by atoms with Gasteiger partial charge in [0.1, 0.15) is 0 Å². The molecule has 2 aromatic carbocycles. The number of aliphatic hydroxyl groups excluding tert-OH is 1. The van der Waals surface area contributed by atoms with E-state index in [1.165, 1.54) is 17.8 Å². The highest BCUT2D eigenvalue weighted by molar-refractivity contribution is 7.99. The maximum atomic E-state index is 13.8. The van der Waals surface area contributed by atoms with Crippen molar-refractivity contribution in [1.29, 1.82) is 0 Å². The molecule has 2 heterocycles. The molecule has 0 saturated carbocycles. The molecule has 8 heteroatoms. The second kappa shape index (κ2) is 9.18. The van der Waals surface area contributed by atoms with E-state index < -0.39 is 11.7 Å². The van der Waals surface area contributed by atoms with Crippen LogP contribution in [0.4, 0.5) is 24.5 Å². The molecule has 0 spiro atoms. The van der Waals surface area contributed by atoms with Gasteiger partial charge in [-0.1, -0.05) is 23.9 Å². The molecule has 2 aliphatic heterocycles. The summed E-state index contributed by atoms with van der Waals surface area (Å²) in [6, 6.07) is 10.7. The lowest BCUT2D eigenvalue weighted by molar-refractivity contribution is -0.138. The van der Waals surface area contributed by atoms with Crippen LogP contribution in [0.15, 0.2) is 46.2 Å². The van der Waals surface area contributed by atoms with Crippen molar-refractivity contribution in [2.75, 3.05) is 38.1 Å². The Morgan fingerprint density at radius 1 is 1.13 bits per heavy atom. The number of anilines is 2. The number of halogens is 3. The minimum absolute atomic E-state index is 0.140. The van der Waals surface area contributed by atoms with Gasteiger partial charge in [0.2, 0.25) is 0 Å². The first-order valence-corrected chi connectivity index (χ1v) is 11.1. The van der Waals surface area contributed by atoms with Crippen LogP contribution in [0.2, 0.25) is 0 Å². The summed E-state index contributed by atoms with van der Waals surface area (Å²) in [6.45, 7) is 3.42. The van der Waals surface area contributed by atoms with E-state index in [0.29, 0.717) is 30.5 Å². The highest BCUT2D eigenvalue weighted by atomic mass is 32.2. The van der Waals surface area contributed by atoms with Crippen molar-refractivity contribution < 1.29 is 18.3 Å². The van der Waals surface area contributed by atoms with E-state index in [4.69, 9.17) is 5.11 Å². The number of aliphatic hydroxyl groups is 1. The third-order valence-electron chi connectivity index (χ3n) is 5.67. The van der Waals surface area contributed by atoms with Gasteiger partial charge in [-0.15, -0.1) is 0 Å². The highest BCUT2D eigenvalue weighted by Crippen LogP contribution is 2.48. The molecule has 30 heavy (non-hydrogen) atoms. The van der Waals surface area contributed by atoms with Gasteiger partial charge in [0.05, 0.1) is 16.9 Å². The Balaban J connectivity index is 1.52. The lowest BCUT2D eigenvalue weighted by Crippen LogP contribution is -2.51. The van der Waals surface area contributed by atoms with Crippen molar-refractivity contribution in [2.45, 2.75) is 41.3 Å². The Hall–Kier alpha value is -1.74. The summed E-state index contributed by atoms with van der Waals surface area (Å²) < 4.78 is 41.3. The van der Waals surface area contributed by atoms with Crippen molar-refractivity contribution in [1.82, 2.24) is 10.2 Å². The molecule has 1 atom stereocenters. The van der Waals surface area contributed by atoms with Gasteiger partial charge < -0.3 is 20.6 Å². The van der Waals surface area contributed by atoms with E-state index >= 15 is 0 Å². The molecule has 3 N–H and O–H groups in total. The molecule has 2 aromatic rings. The van der Waals surface area contributed by atoms with Crippen LogP contribution in [-0.4, -0.2) is 48.8 Å². The predicted molar refractivity (Wildman–Crippen MR) is 114 cm³/mol. The fraction of sp³-hybridized carbons (Fsp3) is 0.455. The van der Waals surface area contributed by atoms with Crippen LogP contribution < -0.4 is 10.6 Å².